The van der Waals surface area contributed by atoms with Gasteiger partial charge in [0.15, 0.2) is 0 Å². The van der Waals surface area contributed by atoms with Crippen LogP contribution in [0.2, 0.25) is 0 Å². The molecule has 184 valence electrons. The molecule has 0 spiro atoms. The van der Waals surface area contributed by atoms with Crippen LogP contribution in [0, 0.1) is 13.8 Å². The molecule has 36 heavy (non-hydrogen) atoms. The van der Waals surface area contributed by atoms with E-state index in [0.29, 0.717) is 23.7 Å². The number of carbonyl (C=O) groups is 2. The van der Waals surface area contributed by atoms with Crippen LogP contribution in [0.3, 0.4) is 0 Å². The predicted molar refractivity (Wildman–Crippen MR) is 142 cm³/mol. The number of anilines is 1. The zero-order valence-electron chi connectivity index (χ0n) is 21.0. The van der Waals surface area contributed by atoms with E-state index in [-0.39, 0.29) is 18.4 Å². The first-order chi connectivity index (χ1) is 17.4. The number of aromatic nitrogens is 2. The third-order valence-electron chi connectivity index (χ3n) is 6.04. The van der Waals surface area contributed by atoms with Crippen molar-refractivity contribution in [1.29, 1.82) is 0 Å². The van der Waals surface area contributed by atoms with Crippen molar-refractivity contribution in [3.05, 3.63) is 95.7 Å². The number of para-hydroxylation sites is 1. The Morgan fingerprint density at radius 2 is 1.69 bits per heavy atom. The van der Waals surface area contributed by atoms with E-state index >= 15 is 0 Å². The molecule has 7 nitrogen and oxygen atoms in total. The van der Waals surface area contributed by atoms with Crippen LogP contribution in [0.25, 0.3) is 16.8 Å². The van der Waals surface area contributed by atoms with E-state index in [9.17, 15) is 9.59 Å². The van der Waals surface area contributed by atoms with Gasteiger partial charge < -0.3 is 15.0 Å². The van der Waals surface area contributed by atoms with Gasteiger partial charge in [-0.1, -0.05) is 54.6 Å². The molecule has 0 unspecified atom stereocenters. The third kappa shape index (κ3) is 5.15. The molecule has 1 N–H and O–H groups in total. The van der Waals surface area contributed by atoms with Gasteiger partial charge in [-0.15, -0.1) is 0 Å². The van der Waals surface area contributed by atoms with E-state index in [4.69, 9.17) is 9.84 Å². The molecule has 0 atom stereocenters. The molecule has 0 saturated carbocycles. The Hall–Kier alpha value is -4.39. The highest BCUT2D eigenvalue weighted by Gasteiger charge is 2.23. The van der Waals surface area contributed by atoms with Gasteiger partial charge in [0, 0.05) is 17.7 Å². The Bertz CT molecular complexity index is 1380. The van der Waals surface area contributed by atoms with Crippen molar-refractivity contribution in [2.45, 2.75) is 20.8 Å². The number of hydrogen-bond acceptors (Lipinski definition) is 4. The maximum absolute atomic E-state index is 13.3. The van der Waals surface area contributed by atoms with Crippen LogP contribution in [0.4, 0.5) is 5.82 Å². The van der Waals surface area contributed by atoms with Gasteiger partial charge in [-0.2, -0.15) is 5.10 Å². The number of rotatable bonds is 8. The van der Waals surface area contributed by atoms with Crippen LogP contribution < -0.4 is 10.1 Å². The van der Waals surface area contributed by atoms with E-state index in [2.05, 4.69) is 5.32 Å². The number of nitrogens with one attached hydrogen (secondary N) is 1. The van der Waals surface area contributed by atoms with Crippen molar-refractivity contribution in [2.75, 3.05) is 25.5 Å². The van der Waals surface area contributed by atoms with Gasteiger partial charge >= 0.3 is 0 Å². The van der Waals surface area contributed by atoms with Crippen molar-refractivity contribution in [3.8, 4) is 22.6 Å². The Morgan fingerprint density at radius 1 is 0.972 bits per heavy atom. The standard InChI is InChI=1S/C29H30N4O3/c1-5-32(29(35)23-15-11-16-24(18-23)36-4)19-26(34)30-28-27(22-13-7-6-8-14-22)21(3)31-33(28)25-17-10-9-12-20(25)2/h6-18H,5,19H2,1-4H3,(H,30,34). The van der Waals surface area contributed by atoms with Crippen LogP contribution in [0.5, 0.6) is 5.75 Å². The minimum absolute atomic E-state index is 0.0984. The number of nitrogens with zero attached hydrogens (tertiary/aromatic N) is 3. The van der Waals surface area contributed by atoms with Gasteiger partial charge in [-0.25, -0.2) is 4.68 Å². The summed E-state index contributed by atoms with van der Waals surface area (Å²) in [5, 5.41) is 7.84. The average molecular weight is 483 g/mol. The van der Waals surface area contributed by atoms with Crippen LogP contribution >= 0.6 is 0 Å². The molecule has 3 aromatic carbocycles. The van der Waals surface area contributed by atoms with Gasteiger partial charge in [-0.3, -0.25) is 9.59 Å². The lowest BCUT2D eigenvalue weighted by Gasteiger charge is -2.21. The van der Waals surface area contributed by atoms with E-state index in [1.54, 1.807) is 36.1 Å². The summed E-state index contributed by atoms with van der Waals surface area (Å²) in [4.78, 5) is 28.0. The van der Waals surface area contributed by atoms with Crippen LogP contribution in [0.15, 0.2) is 78.9 Å². The fourth-order valence-corrected chi connectivity index (χ4v) is 4.18. The average Bonchev–Trinajstić information content (AvgIpc) is 3.22. The van der Waals surface area contributed by atoms with Gasteiger partial charge in [0.25, 0.3) is 5.91 Å². The molecule has 0 aliphatic carbocycles. The molecule has 1 aromatic heterocycles. The number of amides is 2. The summed E-state index contributed by atoms with van der Waals surface area (Å²) >= 11 is 0. The Labute approximate surface area is 211 Å². The van der Waals surface area contributed by atoms with Crippen molar-refractivity contribution in [2.24, 2.45) is 0 Å². The van der Waals surface area contributed by atoms with E-state index in [1.807, 2.05) is 75.4 Å². The molecule has 0 bridgehead atoms. The monoisotopic (exact) mass is 482 g/mol. The van der Waals surface area contributed by atoms with Gasteiger partial charge in [0.2, 0.25) is 5.91 Å². The number of hydrogen-bond donors (Lipinski definition) is 1. The van der Waals surface area contributed by atoms with Crippen LogP contribution in [-0.2, 0) is 4.79 Å². The molecular formula is C29H30N4O3. The second-order valence-electron chi connectivity index (χ2n) is 8.47. The Morgan fingerprint density at radius 3 is 2.39 bits per heavy atom. The smallest absolute Gasteiger partial charge is 0.254 e. The summed E-state index contributed by atoms with van der Waals surface area (Å²) in [6.45, 7) is 6.07. The first-order valence-corrected chi connectivity index (χ1v) is 11.9. The predicted octanol–water partition coefficient (Wildman–Crippen LogP) is 5.27. The molecule has 0 aliphatic heterocycles. The number of likely N-dealkylation sites (N-methyl/N-ethyl adjacent to an activating group) is 1. The molecule has 0 aliphatic rings. The maximum Gasteiger partial charge on any atom is 0.254 e. The summed E-state index contributed by atoms with van der Waals surface area (Å²) < 4.78 is 7.01. The lowest BCUT2D eigenvalue weighted by atomic mass is 10.1. The fraction of sp³-hybridized carbons (Fsp3) is 0.207. The molecule has 4 aromatic rings. The van der Waals surface area contributed by atoms with Crippen molar-refractivity contribution in [1.82, 2.24) is 14.7 Å². The SMILES string of the molecule is CCN(CC(=O)Nc1c(-c2ccccc2)c(C)nn1-c1ccccc1C)C(=O)c1cccc(OC)c1. The molecule has 0 saturated heterocycles. The minimum Gasteiger partial charge on any atom is -0.497 e. The van der Waals surface area contributed by atoms with Gasteiger partial charge in [0.05, 0.1) is 18.5 Å². The second kappa shape index (κ2) is 10.9. The highest BCUT2D eigenvalue weighted by Crippen LogP contribution is 2.34. The molecule has 4 rings (SSSR count). The lowest BCUT2D eigenvalue weighted by molar-refractivity contribution is -0.116. The normalized spacial score (nSPS) is 10.7. The summed E-state index contributed by atoms with van der Waals surface area (Å²) in [6.07, 6.45) is 0. The summed E-state index contributed by atoms with van der Waals surface area (Å²) in [5.74, 6) is 0.618. The van der Waals surface area contributed by atoms with Crippen LogP contribution in [0.1, 0.15) is 28.5 Å². The molecule has 2 amide bonds. The van der Waals surface area contributed by atoms with Gasteiger partial charge in [-0.05, 0) is 56.2 Å². The van der Waals surface area contributed by atoms with E-state index < -0.39 is 0 Å². The van der Waals surface area contributed by atoms with E-state index in [0.717, 1.165) is 28.1 Å². The topological polar surface area (TPSA) is 76.5 Å². The molecule has 0 fully saturated rings. The fourth-order valence-electron chi connectivity index (χ4n) is 4.18. The summed E-state index contributed by atoms with van der Waals surface area (Å²) in [5.41, 5.74) is 4.95. The van der Waals surface area contributed by atoms with E-state index in [1.165, 1.54) is 4.90 Å². The highest BCUT2D eigenvalue weighted by molar-refractivity contribution is 6.01. The maximum atomic E-state index is 13.3. The zero-order chi connectivity index (χ0) is 25.7. The molecule has 7 heteroatoms. The molecule has 0 radical (unpaired) electrons. The first-order valence-electron chi connectivity index (χ1n) is 11.9. The summed E-state index contributed by atoms with van der Waals surface area (Å²) in [7, 11) is 1.55. The number of methoxy groups -OCH3 is 1. The Kier molecular flexibility index (Phi) is 7.49. The summed E-state index contributed by atoms with van der Waals surface area (Å²) in [6, 6.07) is 24.7. The number of benzene rings is 3. The first kappa shape index (κ1) is 24.7. The lowest BCUT2D eigenvalue weighted by Crippen LogP contribution is -2.38. The van der Waals surface area contributed by atoms with Crippen molar-refractivity contribution in [3.63, 3.8) is 0 Å². The number of aryl methyl sites for hydroxylation is 2. The van der Waals surface area contributed by atoms with Crippen molar-refractivity contribution < 1.29 is 14.3 Å². The molecular weight excluding hydrogens is 452 g/mol. The quantitative estimate of drug-likeness (QED) is 0.371. The van der Waals surface area contributed by atoms with Crippen molar-refractivity contribution >= 4 is 17.6 Å². The second-order valence-corrected chi connectivity index (χ2v) is 8.47. The molecule has 1 heterocycles. The third-order valence-corrected chi connectivity index (χ3v) is 6.04. The number of carbonyl (C=O) groups excluding carboxylic acids is 2. The highest BCUT2D eigenvalue weighted by atomic mass is 16.5. The minimum atomic E-state index is -0.306. The van der Waals surface area contributed by atoms with Gasteiger partial charge in [0.1, 0.15) is 18.1 Å². The van der Waals surface area contributed by atoms with Crippen LogP contribution in [-0.4, -0.2) is 46.7 Å². The zero-order valence-corrected chi connectivity index (χ0v) is 21.0. The number of ether oxygens (including phenoxy) is 1. The Balaban J connectivity index is 1.67. The largest absolute Gasteiger partial charge is 0.497 e.